The molecule has 2 atom stereocenters. The van der Waals surface area contributed by atoms with Crippen molar-refractivity contribution in [2.24, 2.45) is 0 Å². The van der Waals surface area contributed by atoms with Crippen LogP contribution >= 0.6 is 0 Å². The molecule has 1 aromatic carbocycles. The maximum atomic E-state index is 11.7. The second-order valence-corrected chi connectivity index (χ2v) is 6.37. The first kappa shape index (κ1) is 15.2. The van der Waals surface area contributed by atoms with Crippen LogP contribution in [0.1, 0.15) is 32.3 Å². The molecule has 3 nitrogen and oxygen atoms in total. The zero-order valence-electron chi connectivity index (χ0n) is 12.8. The molecule has 0 spiro atoms. The first-order chi connectivity index (χ1) is 9.51. The van der Waals surface area contributed by atoms with Crippen LogP contribution in [0.2, 0.25) is 0 Å². The van der Waals surface area contributed by atoms with E-state index >= 15 is 0 Å². The number of likely N-dealkylation sites (tertiary alicyclic amines) is 1. The lowest BCUT2D eigenvalue weighted by Gasteiger charge is -2.42. The van der Waals surface area contributed by atoms with Gasteiger partial charge in [0.05, 0.1) is 11.0 Å². The number of rotatable bonds is 5. The van der Waals surface area contributed by atoms with Gasteiger partial charge in [-0.15, -0.1) is 0 Å². The number of aldehydes is 1. The van der Waals surface area contributed by atoms with Gasteiger partial charge in [0, 0.05) is 20.2 Å². The van der Waals surface area contributed by atoms with Gasteiger partial charge in [0.2, 0.25) is 0 Å². The number of carbonyl (C=O) groups excluding carboxylic acids is 1. The van der Waals surface area contributed by atoms with E-state index in [-0.39, 0.29) is 5.60 Å². The second kappa shape index (κ2) is 6.06. The van der Waals surface area contributed by atoms with E-state index in [4.69, 9.17) is 4.74 Å². The van der Waals surface area contributed by atoms with Crippen molar-refractivity contribution in [2.45, 2.75) is 37.7 Å². The summed E-state index contributed by atoms with van der Waals surface area (Å²) in [5.41, 5.74) is 0.547. The Hall–Kier alpha value is -1.19. The van der Waals surface area contributed by atoms with Gasteiger partial charge in [-0.3, -0.25) is 4.90 Å². The van der Waals surface area contributed by atoms with Gasteiger partial charge in [0.1, 0.15) is 6.29 Å². The Bertz CT molecular complexity index is 448. The van der Waals surface area contributed by atoms with E-state index in [1.54, 1.807) is 7.11 Å². The number of carbonyl (C=O) groups is 1. The maximum Gasteiger partial charge on any atom is 0.131 e. The number of benzene rings is 1. The van der Waals surface area contributed by atoms with Crippen molar-refractivity contribution in [3.8, 4) is 0 Å². The number of hydrogen-bond donors (Lipinski definition) is 0. The lowest BCUT2D eigenvalue weighted by molar-refractivity contribution is -0.114. The third kappa shape index (κ3) is 3.28. The Kier molecular flexibility index (Phi) is 4.61. The van der Waals surface area contributed by atoms with Crippen LogP contribution in [0.3, 0.4) is 0 Å². The molecule has 20 heavy (non-hydrogen) atoms. The molecule has 110 valence electrons. The molecule has 3 heteroatoms. The molecule has 0 aromatic heterocycles. The zero-order valence-corrected chi connectivity index (χ0v) is 12.8. The van der Waals surface area contributed by atoms with E-state index < -0.39 is 5.41 Å². The van der Waals surface area contributed by atoms with E-state index in [1.165, 1.54) is 0 Å². The van der Waals surface area contributed by atoms with Gasteiger partial charge >= 0.3 is 0 Å². The molecule has 1 fully saturated rings. The minimum Gasteiger partial charge on any atom is -0.377 e. The van der Waals surface area contributed by atoms with Crippen molar-refractivity contribution in [2.75, 3.05) is 26.7 Å². The van der Waals surface area contributed by atoms with Gasteiger partial charge in [0.25, 0.3) is 0 Å². The first-order valence-electron chi connectivity index (χ1n) is 7.31. The fourth-order valence-electron chi connectivity index (χ4n) is 3.09. The molecule has 1 aliphatic rings. The summed E-state index contributed by atoms with van der Waals surface area (Å²) in [5, 5.41) is 0. The van der Waals surface area contributed by atoms with E-state index in [9.17, 15) is 4.79 Å². The number of methoxy groups -OCH3 is 1. The van der Waals surface area contributed by atoms with Crippen molar-refractivity contribution in [3.63, 3.8) is 0 Å². The quantitative estimate of drug-likeness (QED) is 0.774. The monoisotopic (exact) mass is 275 g/mol. The molecule has 0 bridgehead atoms. The average Bonchev–Trinajstić information content (AvgIpc) is 2.48. The van der Waals surface area contributed by atoms with Crippen LogP contribution < -0.4 is 0 Å². The summed E-state index contributed by atoms with van der Waals surface area (Å²) in [4.78, 5) is 14.0. The van der Waals surface area contributed by atoms with Gasteiger partial charge in [-0.25, -0.2) is 0 Å². The number of ether oxygens (including phenoxy) is 1. The molecule has 1 aliphatic heterocycles. The van der Waals surface area contributed by atoms with Crippen LogP contribution in [-0.4, -0.2) is 43.5 Å². The van der Waals surface area contributed by atoms with Crippen LogP contribution in [0, 0.1) is 0 Å². The Morgan fingerprint density at radius 3 is 2.70 bits per heavy atom. The van der Waals surface area contributed by atoms with Crippen LogP contribution in [0.15, 0.2) is 30.3 Å². The summed E-state index contributed by atoms with van der Waals surface area (Å²) in [6.07, 6.45) is 3.29. The number of piperidine rings is 1. The van der Waals surface area contributed by atoms with Gasteiger partial charge in [-0.1, -0.05) is 30.3 Å². The third-order valence-corrected chi connectivity index (χ3v) is 4.48. The molecule has 0 N–H and O–H groups in total. The van der Waals surface area contributed by atoms with E-state index in [0.29, 0.717) is 0 Å². The van der Waals surface area contributed by atoms with Crippen molar-refractivity contribution in [1.29, 1.82) is 0 Å². The van der Waals surface area contributed by atoms with Gasteiger partial charge in [-0.2, -0.15) is 0 Å². The highest BCUT2D eigenvalue weighted by molar-refractivity contribution is 5.68. The Morgan fingerprint density at radius 1 is 1.40 bits per heavy atom. The zero-order chi connectivity index (χ0) is 14.6. The van der Waals surface area contributed by atoms with Gasteiger partial charge in [-0.05, 0) is 38.8 Å². The highest BCUT2D eigenvalue weighted by Gasteiger charge is 2.35. The predicted molar refractivity (Wildman–Crippen MR) is 80.9 cm³/mol. The van der Waals surface area contributed by atoms with E-state index in [2.05, 4.69) is 11.8 Å². The van der Waals surface area contributed by atoms with E-state index in [0.717, 1.165) is 44.3 Å². The maximum absolute atomic E-state index is 11.7. The molecule has 0 aliphatic carbocycles. The molecule has 0 saturated carbocycles. The standard InChI is InChI=1S/C17H25NO2/c1-16(14-19,15-8-5-4-6-9-15)12-18-11-7-10-17(2,13-18)20-3/h4-6,8-9,14H,7,10-13H2,1-3H3. The minimum atomic E-state index is -0.451. The minimum absolute atomic E-state index is 0.0846. The summed E-state index contributed by atoms with van der Waals surface area (Å²) < 4.78 is 5.63. The SMILES string of the molecule is COC1(C)CCCN(CC(C)(C=O)c2ccccc2)C1. The number of hydrogen-bond acceptors (Lipinski definition) is 3. The second-order valence-electron chi connectivity index (χ2n) is 6.37. The van der Waals surface area contributed by atoms with Gasteiger partial charge < -0.3 is 9.53 Å². The fourth-order valence-corrected chi connectivity index (χ4v) is 3.09. The van der Waals surface area contributed by atoms with Crippen LogP contribution in [0.4, 0.5) is 0 Å². The Balaban J connectivity index is 2.12. The molecule has 2 unspecified atom stereocenters. The molecule has 0 amide bonds. The summed E-state index contributed by atoms with van der Waals surface area (Å²) in [5.74, 6) is 0. The fraction of sp³-hybridized carbons (Fsp3) is 0.588. The summed E-state index contributed by atoms with van der Waals surface area (Å²) in [6.45, 7) is 6.85. The highest BCUT2D eigenvalue weighted by Crippen LogP contribution is 2.28. The molecule has 0 radical (unpaired) electrons. The topological polar surface area (TPSA) is 29.5 Å². The van der Waals surface area contributed by atoms with E-state index in [1.807, 2.05) is 37.3 Å². The molecular formula is C17H25NO2. The first-order valence-corrected chi connectivity index (χ1v) is 7.31. The molecule has 2 rings (SSSR count). The lowest BCUT2D eigenvalue weighted by Crippen LogP contribution is -2.51. The lowest BCUT2D eigenvalue weighted by atomic mass is 9.82. The third-order valence-electron chi connectivity index (χ3n) is 4.48. The summed E-state index contributed by atoms with van der Waals surface area (Å²) in [7, 11) is 1.78. The molecule has 1 saturated heterocycles. The Morgan fingerprint density at radius 2 is 2.10 bits per heavy atom. The van der Waals surface area contributed by atoms with Crippen LogP contribution in [-0.2, 0) is 14.9 Å². The van der Waals surface area contributed by atoms with Crippen LogP contribution in [0.5, 0.6) is 0 Å². The van der Waals surface area contributed by atoms with Crippen molar-refractivity contribution in [3.05, 3.63) is 35.9 Å². The number of nitrogens with zero attached hydrogens (tertiary/aromatic N) is 1. The summed E-state index contributed by atoms with van der Waals surface area (Å²) >= 11 is 0. The summed E-state index contributed by atoms with van der Waals surface area (Å²) in [6, 6.07) is 10.0. The predicted octanol–water partition coefficient (Wildman–Crippen LogP) is 2.64. The Labute approximate surface area is 121 Å². The van der Waals surface area contributed by atoms with Crippen molar-refractivity contribution in [1.82, 2.24) is 4.90 Å². The highest BCUT2D eigenvalue weighted by atomic mass is 16.5. The average molecular weight is 275 g/mol. The van der Waals surface area contributed by atoms with Crippen molar-refractivity contribution >= 4 is 6.29 Å². The molecular weight excluding hydrogens is 250 g/mol. The van der Waals surface area contributed by atoms with Crippen LogP contribution in [0.25, 0.3) is 0 Å². The van der Waals surface area contributed by atoms with Gasteiger partial charge in [0.15, 0.2) is 0 Å². The normalized spacial score (nSPS) is 26.9. The van der Waals surface area contributed by atoms with Crippen molar-refractivity contribution < 1.29 is 9.53 Å². The largest absolute Gasteiger partial charge is 0.377 e. The molecule has 1 aromatic rings. The smallest absolute Gasteiger partial charge is 0.131 e. The molecule has 1 heterocycles.